The number of rotatable bonds is 4. The second kappa shape index (κ2) is 7.95. The second-order valence-electron chi connectivity index (χ2n) is 5.81. The predicted molar refractivity (Wildman–Crippen MR) is 97.4 cm³/mol. The van der Waals surface area contributed by atoms with Crippen molar-refractivity contribution in [2.24, 2.45) is 0 Å². The van der Waals surface area contributed by atoms with E-state index >= 15 is 0 Å². The van der Waals surface area contributed by atoms with Crippen molar-refractivity contribution in [1.29, 1.82) is 0 Å². The highest BCUT2D eigenvalue weighted by Gasteiger charge is 2.33. The molecule has 0 bridgehead atoms. The summed E-state index contributed by atoms with van der Waals surface area (Å²) in [6.07, 6.45) is -3.80. The quantitative estimate of drug-likeness (QED) is 0.641. The Bertz CT molecular complexity index is 958. The van der Waals surface area contributed by atoms with Gasteiger partial charge in [-0.3, -0.25) is 0 Å². The zero-order chi connectivity index (χ0) is 20.1. The minimum atomic E-state index is -4.58. The van der Waals surface area contributed by atoms with E-state index in [4.69, 9.17) is 4.74 Å². The minimum Gasteiger partial charge on any atom is -0.439 e. The number of carbonyl (C=O) groups is 1. The number of anilines is 2. The third-order valence-corrected chi connectivity index (χ3v) is 3.58. The molecule has 144 valence electrons. The van der Waals surface area contributed by atoms with Gasteiger partial charge in [-0.2, -0.15) is 13.2 Å². The first-order valence-corrected chi connectivity index (χ1v) is 8.11. The molecule has 0 spiro atoms. The summed E-state index contributed by atoms with van der Waals surface area (Å²) in [4.78, 5) is 18.8. The molecule has 3 rings (SSSR count). The van der Waals surface area contributed by atoms with Gasteiger partial charge < -0.3 is 15.4 Å². The van der Waals surface area contributed by atoms with E-state index in [-0.39, 0.29) is 11.6 Å². The number of amides is 2. The summed E-state index contributed by atoms with van der Waals surface area (Å²) in [6, 6.07) is 13.7. The van der Waals surface area contributed by atoms with E-state index in [9.17, 15) is 18.0 Å². The number of halogens is 3. The molecule has 0 unspecified atom stereocenters. The zero-order valence-corrected chi connectivity index (χ0v) is 14.6. The van der Waals surface area contributed by atoms with Gasteiger partial charge in [-0.1, -0.05) is 17.7 Å². The van der Waals surface area contributed by atoms with Crippen LogP contribution in [0.3, 0.4) is 0 Å². The highest BCUT2D eigenvalue weighted by Crippen LogP contribution is 2.30. The van der Waals surface area contributed by atoms with Crippen molar-refractivity contribution in [2.45, 2.75) is 13.1 Å². The molecule has 2 aromatic carbocycles. The van der Waals surface area contributed by atoms with E-state index in [0.717, 1.165) is 11.9 Å². The second-order valence-corrected chi connectivity index (χ2v) is 5.81. The van der Waals surface area contributed by atoms with Crippen LogP contribution in [0.25, 0.3) is 0 Å². The highest BCUT2D eigenvalue weighted by molar-refractivity contribution is 5.99. The molecule has 6 nitrogen and oxygen atoms in total. The smallest absolute Gasteiger partial charge is 0.433 e. The summed E-state index contributed by atoms with van der Waals surface area (Å²) in [6.45, 7) is 1.94. The number of benzene rings is 2. The van der Waals surface area contributed by atoms with Gasteiger partial charge in [0.25, 0.3) is 0 Å². The van der Waals surface area contributed by atoms with Gasteiger partial charge in [-0.15, -0.1) is 0 Å². The van der Waals surface area contributed by atoms with Crippen LogP contribution in [0, 0.1) is 6.92 Å². The number of nitrogens with one attached hydrogen (secondary N) is 2. The lowest BCUT2D eigenvalue weighted by atomic mass is 10.2. The number of urea groups is 1. The first-order valence-electron chi connectivity index (χ1n) is 8.11. The van der Waals surface area contributed by atoms with E-state index < -0.39 is 17.9 Å². The number of hydrogen-bond acceptors (Lipinski definition) is 4. The Hall–Kier alpha value is -3.62. The molecule has 0 saturated heterocycles. The van der Waals surface area contributed by atoms with Gasteiger partial charge in [0.05, 0.1) is 0 Å². The molecular formula is C19H15F3N4O2. The maximum atomic E-state index is 12.7. The van der Waals surface area contributed by atoms with Crippen molar-refractivity contribution in [1.82, 2.24) is 9.97 Å². The first kappa shape index (κ1) is 19.2. The number of aryl methyl sites for hydroxylation is 1. The third-order valence-electron chi connectivity index (χ3n) is 3.58. The lowest BCUT2D eigenvalue weighted by Gasteiger charge is -2.10. The average molecular weight is 388 g/mol. The molecule has 0 atom stereocenters. The van der Waals surface area contributed by atoms with Gasteiger partial charge >= 0.3 is 12.2 Å². The number of aromatic nitrogens is 2. The fraction of sp³-hybridized carbons (Fsp3) is 0.105. The molecule has 2 N–H and O–H groups in total. The van der Waals surface area contributed by atoms with Gasteiger partial charge in [0.2, 0.25) is 5.88 Å². The molecule has 0 aliphatic rings. The van der Waals surface area contributed by atoms with Crippen LogP contribution in [0.2, 0.25) is 0 Å². The van der Waals surface area contributed by atoms with Crippen molar-refractivity contribution in [2.75, 3.05) is 10.6 Å². The Morgan fingerprint density at radius 3 is 2.07 bits per heavy atom. The topological polar surface area (TPSA) is 76.1 Å². The van der Waals surface area contributed by atoms with Gasteiger partial charge in [0.15, 0.2) is 5.69 Å². The molecule has 28 heavy (non-hydrogen) atoms. The normalized spacial score (nSPS) is 11.0. The van der Waals surface area contributed by atoms with Gasteiger partial charge in [0, 0.05) is 17.4 Å². The number of carbonyl (C=O) groups excluding carboxylic acids is 1. The van der Waals surface area contributed by atoms with Crippen molar-refractivity contribution >= 4 is 17.4 Å². The molecule has 0 radical (unpaired) electrons. The van der Waals surface area contributed by atoms with Crippen LogP contribution in [-0.2, 0) is 6.18 Å². The summed E-state index contributed by atoms with van der Waals surface area (Å²) in [7, 11) is 0. The fourth-order valence-electron chi connectivity index (χ4n) is 2.21. The van der Waals surface area contributed by atoms with E-state index in [1.165, 1.54) is 12.1 Å². The summed E-state index contributed by atoms with van der Waals surface area (Å²) < 4.78 is 43.3. The van der Waals surface area contributed by atoms with E-state index in [2.05, 4.69) is 20.6 Å². The number of hydrogen-bond donors (Lipinski definition) is 2. The molecular weight excluding hydrogens is 373 g/mol. The van der Waals surface area contributed by atoms with Gasteiger partial charge in [-0.25, -0.2) is 14.8 Å². The molecule has 0 aliphatic heterocycles. The Kier molecular flexibility index (Phi) is 5.44. The SMILES string of the molecule is Cc1ccc(NC(=O)Nc2ccc(Oc3cc(C(F)(F)F)ncn3)cc2)cc1. The summed E-state index contributed by atoms with van der Waals surface area (Å²) in [5, 5.41) is 5.33. The number of alkyl halides is 3. The van der Waals surface area contributed by atoms with Crippen LogP contribution in [-0.4, -0.2) is 16.0 Å². The fourth-order valence-corrected chi connectivity index (χ4v) is 2.21. The lowest BCUT2D eigenvalue weighted by Crippen LogP contribution is -2.19. The highest BCUT2D eigenvalue weighted by atomic mass is 19.4. The van der Waals surface area contributed by atoms with Crippen LogP contribution in [0.1, 0.15) is 11.3 Å². The average Bonchev–Trinajstić information content (AvgIpc) is 2.65. The summed E-state index contributed by atoms with van der Waals surface area (Å²) in [5.74, 6) is 0.0245. The third kappa shape index (κ3) is 5.19. The molecule has 0 saturated carbocycles. The largest absolute Gasteiger partial charge is 0.439 e. The standard InChI is InChI=1S/C19H15F3N4O2/c1-12-2-4-13(5-3-12)25-18(27)26-14-6-8-15(9-7-14)28-17-10-16(19(20,21)22)23-11-24-17/h2-11H,1H3,(H2,25,26,27). The van der Waals surface area contributed by atoms with Crippen molar-refractivity contribution in [3.63, 3.8) is 0 Å². The first-order chi connectivity index (χ1) is 13.3. The lowest BCUT2D eigenvalue weighted by molar-refractivity contribution is -0.141. The molecule has 0 aliphatic carbocycles. The van der Waals surface area contributed by atoms with E-state index in [0.29, 0.717) is 17.4 Å². The Balaban J connectivity index is 1.60. The number of ether oxygens (including phenoxy) is 1. The Morgan fingerprint density at radius 1 is 0.929 bits per heavy atom. The van der Waals surface area contributed by atoms with Gasteiger partial charge in [-0.05, 0) is 43.3 Å². The molecule has 1 heterocycles. The predicted octanol–water partition coefficient (Wildman–Crippen LogP) is 5.24. The molecule has 9 heteroatoms. The summed E-state index contributed by atoms with van der Waals surface area (Å²) >= 11 is 0. The Labute approximate surface area is 158 Å². The maximum Gasteiger partial charge on any atom is 0.433 e. The molecule has 3 aromatic rings. The molecule has 1 aromatic heterocycles. The van der Waals surface area contributed by atoms with Gasteiger partial charge in [0.1, 0.15) is 12.1 Å². The monoisotopic (exact) mass is 388 g/mol. The Morgan fingerprint density at radius 2 is 1.50 bits per heavy atom. The zero-order valence-electron chi connectivity index (χ0n) is 14.6. The van der Waals surface area contributed by atoms with Crippen LogP contribution < -0.4 is 15.4 Å². The van der Waals surface area contributed by atoms with Crippen molar-refractivity contribution in [3.05, 3.63) is 72.2 Å². The minimum absolute atomic E-state index is 0.236. The van der Waals surface area contributed by atoms with E-state index in [1.54, 1.807) is 24.3 Å². The van der Waals surface area contributed by atoms with Crippen LogP contribution in [0.4, 0.5) is 29.3 Å². The molecule has 2 amide bonds. The van der Waals surface area contributed by atoms with Crippen molar-refractivity contribution < 1.29 is 22.7 Å². The summed E-state index contributed by atoms with van der Waals surface area (Å²) in [5.41, 5.74) is 1.11. The van der Waals surface area contributed by atoms with Crippen LogP contribution >= 0.6 is 0 Å². The molecule has 0 fully saturated rings. The maximum absolute atomic E-state index is 12.7. The van der Waals surface area contributed by atoms with E-state index in [1.807, 2.05) is 19.1 Å². The van der Waals surface area contributed by atoms with Crippen LogP contribution in [0.15, 0.2) is 60.9 Å². The van der Waals surface area contributed by atoms with Crippen molar-refractivity contribution in [3.8, 4) is 11.6 Å². The number of nitrogens with zero attached hydrogens (tertiary/aromatic N) is 2. The van der Waals surface area contributed by atoms with Crippen LogP contribution in [0.5, 0.6) is 11.6 Å².